The van der Waals surface area contributed by atoms with Crippen LogP contribution in [0, 0.1) is 10.8 Å². The first-order valence-electron chi connectivity index (χ1n) is 12.2. The van der Waals surface area contributed by atoms with Crippen LogP contribution in [0.2, 0.25) is 0 Å². The SMILES string of the molecule is C=CCC1(C/C=C/CCCC2(C/C=C/CCC)C(=O)OC(C)(C)OC2=O)C(=O)OC(C)(C)OC1=O. The zero-order valence-corrected chi connectivity index (χ0v) is 21.5. The van der Waals surface area contributed by atoms with Crippen molar-refractivity contribution >= 4 is 23.9 Å². The highest BCUT2D eigenvalue weighted by atomic mass is 16.8. The van der Waals surface area contributed by atoms with E-state index < -0.39 is 46.3 Å². The van der Waals surface area contributed by atoms with Crippen molar-refractivity contribution in [1.82, 2.24) is 0 Å². The number of hydrogen-bond acceptors (Lipinski definition) is 8. The molecular weight excluding hydrogens is 452 g/mol. The minimum absolute atomic E-state index is 0.0890. The molecular formula is C27H38O8. The van der Waals surface area contributed by atoms with E-state index in [9.17, 15) is 19.2 Å². The van der Waals surface area contributed by atoms with Crippen molar-refractivity contribution in [2.75, 3.05) is 0 Å². The molecule has 0 atom stereocenters. The third-order valence-corrected chi connectivity index (χ3v) is 6.11. The summed E-state index contributed by atoms with van der Waals surface area (Å²) in [5.74, 6) is -5.04. The molecule has 2 fully saturated rings. The number of allylic oxidation sites excluding steroid dienone is 5. The Morgan fingerprint density at radius 3 is 1.54 bits per heavy atom. The number of unbranched alkanes of at least 4 members (excludes halogenated alkanes) is 2. The van der Waals surface area contributed by atoms with Gasteiger partial charge < -0.3 is 18.9 Å². The maximum absolute atomic E-state index is 12.9. The zero-order chi connectivity index (χ0) is 26.3. The lowest BCUT2D eigenvalue weighted by atomic mass is 9.78. The molecule has 2 aliphatic rings. The van der Waals surface area contributed by atoms with Gasteiger partial charge in [0, 0.05) is 27.7 Å². The monoisotopic (exact) mass is 490 g/mol. The molecule has 0 unspecified atom stereocenters. The van der Waals surface area contributed by atoms with E-state index in [1.54, 1.807) is 6.08 Å². The topological polar surface area (TPSA) is 105 Å². The van der Waals surface area contributed by atoms with Gasteiger partial charge in [0.15, 0.2) is 10.8 Å². The summed E-state index contributed by atoms with van der Waals surface area (Å²) < 4.78 is 21.4. The first-order valence-corrected chi connectivity index (χ1v) is 12.2. The fourth-order valence-corrected chi connectivity index (χ4v) is 4.12. The highest BCUT2D eigenvalue weighted by Gasteiger charge is 2.56. The predicted octanol–water partition coefficient (Wildman–Crippen LogP) is 5.07. The smallest absolute Gasteiger partial charge is 0.327 e. The summed E-state index contributed by atoms with van der Waals surface area (Å²) in [6.45, 7) is 11.8. The van der Waals surface area contributed by atoms with Gasteiger partial charge >= 0.3 is 23.9 Å². The molecule has 8 heteroatoms. The van der Waals surface area contributed by atoms with E-state index >= 15 is 0 Å². The highest BCUT2D eigenvalue weighted by Crippen LogP contribution is 2.41. The van der Waals surface area contributed by atoms with Crippen LogP contribution >= 0.6 is 0 Å². The van der Waals surface area contributed by atoms with Crippen LogP contribution in [0.5, 0.6) is 0 Å². The summed E-state index contributed by atoms with van der Waals surface area (Å²) in [5, 5.41) is 0. The molecule has 2 saturated heterocycles. The van der Waals surface area contributed by atoms with Crippen LogP contribution in [0.25, 0.3) is 0 Å². The predicted molar refractivity (Wildman–Crippen MR) is 128 cm³/mol. The lowest BCUT2D eigenvalue weighted by molar-refractivity contribution is -0.253. The number of carbonyl (C=O) groups excluding carboxylic acids is 4. The van der Waals surface area contributed by atoms with E-state index in [2.05, 4.69) is 6.58 Å². The van der Waals surface area contributed by atoms with Gasteiger partial charge in [-0.15, -0.1) is 6.58 Å². The van der Waals surface area contributed by atoms with Crippen molar-refractivity contribution in [2.24, 2.45) is 10.8 Å². The van der Waals surface area contributed by atoms with Crippen molar-refractivity contribution in [1.29, 1.82) is 0 Å². The first kappa shape index (κ1) is 28.3. The molecule has 35 heavy (non-hydrogen) atoms. The molecule has 194 valence electrons. The summed E-state index contributed by atoms with van der Waals surface area (Å²) in [6, 6.07) is 0. The molecule has 2 aliphatic heterocycles. The number of hydrogen-bond donors (Lipinski definition) is 0. The van der Waals surface area contributed by atoms with Gasteiger partial charge in [0.2, 0.25) is 0 Å². The maximum Gasteiger partial charge on any atom is 0.327 e. The summed E-state index contributed by atoms with van der Waals surface area (Å²) in [7, 11) is 0. The molecule has 0 aromatic carbocycles. The van der Waals surface area contributed by atoms with E-state index in [1.807, 2.05) is 25.2 Å². The third kappa shape index (κ3) is 6.61. The Morgan fingerprint density at radius 2 is 1.09 bits per heavy atom. The Labute approximate surface area is 207 Å². The van der Waals surface area contributed by atoms with Gasteiger partial charge in [-0.25, -0.2) is 0 Å². The van der Waals surface area contributed by atoms with E-state index in [1.165, 1.54) is 33.8 Å². The van der Waals surface area contributed by atoms with Crippen molar-refractivity contribution in [3.05, 3.63) is 37.0 Å². The minimum Gasteiger partial charge on any atom is -0.422 e. The van der Waals surface area contributed by atoms with Crippen LogP contribution in [-0.2, 0) is 38.1 Å². The van der Waals surface area contributed by atoms with Gasteiger partial charge in [-0.05, 0) is 44.9 Å². The Kier molecular flexibility index (Phi) is 9.09. The number of esters is 4. The number of cyclic esters (lactones) is 4. The van der Waals surface area contributed by atoms with E-state index in [0.717, 1.165) is 12.8 Å². The maximum atomic E-state index is 12.9. The summed E-state index contributed by atoms with van der Waals surface area (Å²) in [4.78, 5) is 51.1. The van der Waals surface area contributed by atoms with Gasteiger partial charge in [0.25, 0.3) is 11.6 Å². The van der Waals surface area contributed by atoms with E-state index in [4.69, 9.17) is 18.9 Å². The Balaban J connectivity index is 2.06. The minimum atomic E-state index is -1.47. The molecule has 0 aromatic rings. The first-order chi connectivity index (χ1) is 16.3. The van der Waals surface area contributed by atoms with Crippen LogP contribution in [0.4, 0.5) is 0 Å². The summed E-state index contributed by atoms with van der Waals surface area (Å²) in [6.07, 6.45) is 12.3. The molecule has 0 amide bonds. The summed E-state index contributed by atoms with van der Waals surface area (Å²) >= 11 is 0. The molecule has 0 aliphatic carbocycles. The number of carbonyl (C=O) groups is 4. The van der Waals surface area contributed by atoms with Gasteiger partial charge in [0.1, 0.15) is 0 Å². The Bertz CT molecular complexity index is 853. The average molecular weight is 491 g/mol. The second kappa shape index (κ2) is 11.2. The fraction of sp³-hybridized carbons (Fsp3) is 0.630. The average Bonchev–Trinajstić information content (AvgIpc) is 2.73. The normalized spacial score (nSPS) is 22.4. The second-order valence-corrected chi connectivity index (χ2v) is 10.0. The van der Waals surface area contributed by atoms with Gasteiger partial charge in [-0.2, -0.15) is 0 Å². The van der Waals surface area contributed by atoms with E-state index in [0.29, 0.717) is 12.8 Å². The van der Waals surface area contributed by atoms with Crippen molar-refractivity contribution in [3.63, 3.8) is 0 Å². The van der Waals surface area contributed by atoms with Crippen LogP contribution in [0.15, 0.2) is 37.0 Å². The zero-order valence-electron chi connectivity index (χ0n) is 21.5. The summed E-state index contributed by atoms with van der Waals surface area (Å²) in [5.41, 5.74) is -2.86. The standard InChI is InChI=1S/C27H38O8/c1-7-9-10-13-18-27(22(30)34-25(5,6)35-23(27)31)19-15-12-11-14-17-26(16-8-2)20(28)32-24(3,4)33-21(26)29/h8,10-11,13-14H,2,7,9,12,15-19H2,1,3-6H3/b13-10+,14-11+. The van der Waals surface area contributed by atoms with Gasteiger partial charge in [0.05, 0.1) is 0 Å². The number of rotatable bonds is 12. The second-order valence-electron chi connectivity index (χ2n) is 10.0. The van der Waals surface area contributed by atoms with E-state index in [-0.39, 0.29) is 25.7 Å². The van der Waals surface area contributed by atoms with Gasteiger partial charge in [-0.1, -0.05) is 43.7 Å². The highest BCUT2D eigenvalue weighted by molar-refractivity contribution is 6.02. The van der Waals surface area contributed by atoms with Crippen molar-refractivity contribution in [2.45, 2.75) is 97.6 Å². The molecule has 0 radical (unpaired) electrons. The molecule has 2 rings (SSSR count). The molecule has 0 N–H and O–H groups in total. The molecule has 0 spiro atoms. The molecule has 0 saturated carbocycles. The molecule has 0 aromatic heterocycles. The lowest BCUT2D eigenvalue weighted by Crippen LogP contribution is -2.53. The van der Waals surface area contributed by atoms with Gasteiger partial charge in [-0.3, -0.25) is 19.2 Å². The Morgan fingerprint density at radius 1 is 0.657 bits per heavy atom. The molecule has 8 nitrogen and oxygen atoms in total. The van der Waals surface area contributed by atoms with Crippen LogP contribution < -0.4 is 0 Å². The van der Waals surface area contributed by atoms with Crippen LogP contribution in [-0.4, -0.2) is 35.5 Å². The van der Waals surface area contributed by atoms with Crippen molar-refractivity contribution in [3.8, 4) is 0 Å². The third-order valence-electron chi connectivity index (χ3n) is 6.11. The fourth-order valence-electron chi connectivity index (χ4n) is 4.12. The quantitative estimate of drug-likeness (QED) is 0.162. The molecule has 0 bridgehead atoms. The van der Waals surface area contributed by atoms with Crippen LogP contribution in [0.3, 0.4) is 0 Å². The molecule has 2 heterocycles. The van der Waals surface area contributed by atoms with Crippen LogP contribution in [0.1, 0.15) is 86.0 Å². The largest absolute Gasteiger partial charge is 0.422 e. The number of ether oxygens (including phenoxy) is 4. The Hall–Kier alpha value is -2.90. The lowest BCUT2D eigenvalue weighted by Gasteiger charge is -2.40. The van der Waals surface area contributed by atoms with Crippen molar-refractivity contribution < 1.29 is 38.1 Å².